The van der Waals surface area contributed by atoms with E-state index in [0.29, 0.717) is 5.92 Å². The molecule has 194 valence electrons. The molecular weight excluding hydrogens is 408 g/mol. The van der Waals surface area contributed by atoms with Gasteiger partial charge in [0.1, 0.15) is 0 Å². The Labute approximate surface area is 213 Å². The Morgan fingerprint density at radius 1 is 0.853 bits per heavy atom. The lowest BCUT2D eigenvalue weighted by molar-refractivity contribution is 0.0326. The first kappa shape index (κ1) is 26.5. The Balaban J connectivity index is 1.75. The molecule has 0 radical (unpaired) electrons. The first-order valence-corrected chi connectivity index (χ1v) is 15.8. The third-order valence-electron chi connectivity index (χ3n) is 11.8. The molecule has 9 unspecified atom stereocenters. The van der Waals surface area contributed by atoms with E-state index in [-0.39, 0.29) is 0 Å². The quantitative estimate of drug-likeness (QED) is 0.333. The van der Waals surface area contributed by atoms with Crippen LogP contribution in [0.4, 0.5) is 0 Å². The molecule has 34 heavy (non-hydrogen) atoms. The van der Waals surface area contributed by atoms with Crippen LogP contribution in [0.15, 0.2) is 22.8 Å². The van der Waals surface area contributed by atoms with Gasteiger partial charge in [0, 0.05) is 0 Å². The fourth-order valence-corrected chi connectivity index (χ4v) is 9.77. The third-order valence-corrected chi connectivity index (χ3v) is 11.8. The highest BCUT2D eigenvalue weighted by Gasteiger charge is 2.49. The van der Waals surface area contributed by atoms with Gasteiger partial charge < -0.3 is 0 Å². The van der Waals surface area contributed by atoms with E-state index in [2.05, 4.69) is 54.5 Å². The Bertz CT molecular complexity index is 722. The summed E-state index contributed by atoms with van der Waals surface area (Å²) in [7, 11) is 0. The van der Waals surface area contributed by atoms with Crippen LogP contribution in [0.5, 0.6) is 0 Å². The fraction of sp³-hybridized carbons (Fsp3) is 0.882. The highest BCUT2D eigenvalue weighted by molar-refractivity contribution is 5.43. The standard InChI is InChI=1S/C34H58/c1-8-14-30-29(10-3)34(28(9-2)24(7)23(6)22(4)5)32-18-12-11-17-31(32)33(30)27-20-19-25-15-13-16-26(25)21-27/h9,22-27,30-33H,8,10-21H2,1-7H3/b28-9+. The van der Waals surface area contributed by atoms with E-state index in [1.807, 2.05) is 11.1 Å². The van der Waals surface area contributed by atoms with Crippen molar-refractivity contribution in [2.75, 3.05) is 0 Å². The molecule has 0 aromatic carbocycles. The summed E-state index contributed by atoms with van der Waals surface area (Å²) in [6.45, 7) is 17.3. The summed E-state index contributed by atoms with van der Waals surface area (Å²) in [6.07, 6.45) is 21.9. The Hall–Kier alpha value is -0.520. The van der Waals surface area contributed by atoms with E-state index < -0.39 is 0 Å². The van der Waals surface area contributed by atoms with E-state index in [1.54, 1.807) is 37.7 Å². The second kappa shape index (κ2) is 11.7. The maximum absolute atomic E-state index is 2.56. The van der Waals surface area contributed by atoms with Gasteiger partial charge >= 0.3 is 0 Å². The van der Waals surface area contributed by atoms with Crippen molar-refractivity contribution in [2.45, 2.75) is 132 Å². The molecule has 0 nitrogen and oxygen atoms in total. The zero-order valence-corrected chi connectivity index (χ0v) is 24.0. The van der Waals surface area contributed by atoms with Gasteiger partial charge in [-0.15, -0.1) is 0 Å². The summed E-state index contributed by atoms with van der Waals surface area (Å²) in [5.41, 5.74) is 5.59. The zero-order chi connectivity index (χ0) is 24.4. The summed E-state index contributed by atoms with van der Waals surface area (Å²) < 4.78 is 0. The van der Waals surface area contributed by atoms with Crippen molar-refractivity contribution in [3.05, 3.63) is 22.8 Å². The molecule has 0 aromatic heterocycles. The minimum atomic E-state index is 0.678. The minimum absolute atomic E-state index is 0.678. The molecule has 0 aromatic rings. The molecule has 0 spiro atoms. The van der Waals surface area contributed by atoms with Crippen LogP contribution in [0.25, 0.3) is 0 Å². The average Bonchev–Trinajstić information content (AvgIpc) is 3.32. The molecular formula is C34H58. The van der Waals surface area contributed by atoms with E-state index in [4.69, 9.17) is 0 Å². The molecule has 0 amide bonds. The molecule has 4 aliphatic rings. The predicted molar refractivity (Wildman–Crippen MR) is 150 cm³/mol. The molecule has 4 rings (SSSR count). The zero-order valence-electron chi connectivity index (χ0n) is 24.0. The normalized spacial score (nSPS) is 38.6. The molecule has 3 fully saturated rings. The molecule has 0 N–H and O–H groups in total. The Kier molecular flexibility index (Phi) is 9.12. The second-order valence-corrected chi connectivity index (χ2v) is 13.5. The fourth-order valence-electron chi connectivity index (χ4n) is 9.77. The maximum atomic E-state index is 2.56. The van der Waals surface area contributed by atoms with Gasteiger partial charge in [-0.2, -0.15) is 0 Å². The van der Waals surface area contributed by atoms with Gasteiger partial charge in [-0.25, -0.2) is 0 Å². The lowest BCUT2D eigenvalue weighted by atomic mass is 9.51. The van der Waals surface area contributed by atoms with Gasteiger partial charge in [-0.1, -0.05) is 91.7 Å². The summed E-state index contributed by atoms with van der Waals surface area (Å²) in [5, 5.41) is 0. The summed E-state index contributed by atoms with van der Waals surface area (Å²) in [5.74, 6) is 9.05. The number of allylic oxidation sites excluding steroid dienone is 4. The largest absolute Gasteiger partial charge is 0.0839 e. The van der Waals surface area contributed by atoms with Crippen LogP contribution in [0, 0.1) is 59.2 Å². The van der Waals surface area contributed by atoms with E-state index in [1.165, 1.54) is 51.4 Å². The van der Waals surface area contributed by atoms with Crippen LogP contribution in [0.2, 0.25) is 0 Å². The van der Waals surface area contributed by atoms with E-state index >= 15 is 0 Å². The van der Waals surface area contributed by atoms with Crippen LogP contribution in [0.1, 0.15) is 132 Å². The monoisotopic (exact) mass is 466 g/mol. The number of rotatable bonds is 8. The summed E-state index contributed by atoms with van der Waals surface area (Å²) in [4.78, 5) is 0. The van der Waals surface area contributed by atoms with Crippen LogP contribution >= 0.6 is 0 Å². The van der Waals surface area contributed by atoms with Crippen LogP contribution < -0.4 is 0 Å². The second-order valence-electron chi connectivity index (χ2n) is 13.5. The number of hydrogen-bond acceptors (Lipinski definition) is 0. The minimum Gasteiger partial charge on any atom is -0.0839 e. The lowest BCUT2D eigenvalue weighted by Gasteiger charge is -2.53. The van der Waals surface area contributed by atoms with Crippen molar-refractivity contribution in [2.24, 2.45) is 59.2 Å². The SMILES string of the molecule is C/C=C(/C1=C(CC)C(CCC)C(C2CCC3CCCC3C2)C2CCCCC12)C(C)C(C)C(C)C. The van der Waals surface area contributed by atoms with Gasteiger partial charge in [0.25, 0.3) is 0 Å². The molecule has 3 saturated carbocycles. The topological polar surface area (TPSA) is 0 Å². The summed E-state index contributed by atoms with van der Waals surface area (Å²) >= 11 is 0. The van der Waals surface area contributed by atoms with Gasteiger partial charge in [-0.3, -0.25) is 0 Å². The first-order valence-electron chi connectivity index (χ1n) is 15.8. The van der Waals surface area contributed by atoms with Crippen molar-refractivity contribution in [1.29, 1.82) is 0 Å². The van der Waals surface area contributed by atoms with Crippen LogP contribution in [-0.4, -0.2) is 0 Å². The van der Waals surface area contributed by atoms with E-state index in [0.717, 1.165) is 53.3 Å². The molecule has 0 heterocycles. The van der Waals surface area contributed by atoms with E-state index in [9.17, 15) is 0 Å². The van der Waals surface area contributed by atoms with Crippen molar-refractivity contribution in [3.63, 3.8) is 0 Å². The van der Waals surface area contributed by atoms with Gasteiger partial charge in [0.2, 0.25) is 0 Å². The number of fused-ring (bicyclic) bond motifs is 2. The predicted octanol–water partition coefficient (Wildman–Crippen LogP) is 10.6. The molecule has 0 heteroatoms. The van der Waals surface area contributed by atoms with Crippen LogP contribution in [0.3, 0.4) is 0 Å². The molecule has 4 aliphatic carbocycles. The van der Waals surface area contributed by atoms with Crippen molar-refractivity contribution >= 4 is 0 Å². The smallest absolute Gasteiger partial charge is 0.0128 e. The van der Waals surface area contributed by atoms with Gasteiger partial charge in [-0.05, 0) is 122 Å². The van der Waals surface area contributed by atoms with Crippen LogP contribution in [-0.2, 0) is 0 Å². The Morgan fingerprint density at radius 3 is 2.24 bits per heavy atom. The van der Waals surface area contributed by atoms with Crippen molar-refractivity contribution in [3.8, 4) is 0 Å². The molecule has 0 saturated heterocycles. The molecule has 9 atom stereocenters. The van der Waals surface area contributed by atoms with Gasteiger partial charge in [0.15, 0.2) is 0 Å². The third kappa shape index (κ3) is 5.00. The lowest BCUT2D eigenvalue weighted by Crippen LogP contribution is -2.44. The highest BCUT2D eigenvalue weighted by atomic mass is 14.5. The highest BCUT2D eigenvalue weighted by Crippen LogP contribution is 2.59. The summed E-state index contributed by atoms with van der Waals surface area (Å²) in [6, 6.07) is 0. The van der Waals surface area contributed by atoms with Crippen molar-refractivity contribution in [1.82, 2.24) is 0 Å². The average molecular weight is 467 g/mol. The Morgan fingerprint density at radius 2 is 1.56 bits per heavy atom. The number of hydrogen-bond donors (Lipinski definition) is 0. The molecule has 0 bridgehead atoms. The van der Waals surface area contributed by atoms with Gasteiger partial charge in [0.05, 0.1) is 0 Å². The molecule has 0 aliphatic heterocycles. The maximum Gasteiger partial charge on any atom is -0.0128 e. The van der Waals surface area contributed by atoms with Crippen molar-refractivity contribution < 1.29 is 0 Å². The first-order chi connectivity index (χ1) is 16.4.